The quantitative estimate of drug-likeness (QED) is 0.159. The number of ether oxygens (including phenoxy) is 4. The van der Waals surface area contributed by atoms with E-state index in [2.05, 4.69) is 4.84 Å². The molecule has 2 aromatic carbocycles. The Morgan fingerprint density at radius 2 is 1.76 bits per heavy atom. The molecule has 12 heteroatoms. The number of hydrogen-bond acceptors (Lipinski definition) is 11. The molecule has 12 nitrogen and oxygen atoms in total. The van der Waals surface area contributed by atoms with Crippen molar-refractivity contribution in [3.63, 3.8) is 0 Å². The predicted octanol–water partition coefficient (Wildman–Crippen LogP) is 1.46. The zero-order valence-corrected chi connectivity index (χ0v) is 17.5. The van der Waals surface area contributed by atoms with E-state index in [9.17, 15) is 24.5 Å². The van der Waals surface area contributed by atoms with Gasteiger partial charge in [-0.15, -0.1) is 10.1 Å². The van der Waals surface area contributed by atoms with Crippen LogP contribution in [0.15, 0.2) is 48.5 Å². The van der Waals surface area contributed by atoms with E-state index in [1.54, 1.807) is 24.3 Å². The van der Waals surface area contributed by atoms with Gasteiger partial charge in [-0.05, 0) is 29.8 Å². The van der Waals surface area contributed by atoms with Gasteiger partial charge in [0, 0.05) is 6.92 Å². The van der Waals surface area contributed by atoms with Gasteiger partial charge in [0.05, 0.1) is 13.0 Å². The smallest absolute Gasteiger partial charge is 0.344 e. The van der Waals surface area contributed by atoms with Gasteiger partial charge >= 0.3 is 17.9 Å². The summed E-state index contributed by atoms with van der Waals surface area (Å²) in [6, 6.07) is 12.2. The molecule has 0 saturated heterocycles. The Balaban J connectivity index is 1.78. The van der Waals surface area contributed by atoms with E-state index < -0.39 is 42.5 Å². The monoisotopic (exact) mass is 463 g/mol. The van der Waals surface area contributed by atoms with Crippen molar-refractivity contribution in [3.05, 3.63) is 69.8 Å². The number of aliphatic hydroxyl groups excluding tert-OH is 1. The summed E-state index contributed by atoms with van der Waals surface area (Å²) in [5, 5.41) is 18.3. The highest BCUT2D eigenvalue weighted by atomic mass is 17.0. The van der Waals surface area contributed by atoms with Crippen LogP contribution < -0.4 is 9.47 Å². The number of esters is 3. The second-order valence-electron chi connectivity index (χ2n) is 6.42. The molecule has 0 aromatic heterocycles. The van der Waals surface area contributed by atoms with Crippen LogP contribution in [0.2, 0.25) is 0 Å². The van der Waals surface area contributed by atoms with Crippen LogP contribution in [0.1, 0.15) is 22.8 Å². The summed E-state index contributed by atoms with van der Waals surface area (Å²) in [5.41, 5.74) is 0.575. The van der Waals surface area contributed by atoms with Crippen molar-refractivity contribution in [1.82, 2.24) is 0 Å². The van der Waals surface area contributed by atoms with Crippen LogP contribution in [0.3, 0.4) is 0 Å². The van der Waals surface area contributed by atoms with E-state index >= 15 is 0 Å². The van der Waals surface area contributed by atoms with E-state index in [1.165, 1.54) is 31.2 Å². The van der Waals surface area contributed by atoms with Crippen molar-refractivity contribution in [3.8, 4) is 11.5 Å². The molecule has 0 aliphatic heterocycles. The highest BCUT2D eigenvalue weighted by Crippen LogP contribution is 2.19. The molecule has 1 atom stereocenters. The van der Waals surface area contributed by atoms with E-state index in [-0.39, 0.29) is 24.3 Å². The standard InChI is InChI=1S/C21H21NO11/c1-14(24)32-19-5-3-2-4-18(19)21(26)31-13-30-20(25)10-15-6-8-16(9-7-15)29-12-17(11-23)33-22(27)28/h2-9,17,23H,10-13H2,1H3. The fraction of sp³-hybridized carbons (Fsp3) is 0.286. The summed E-state index contributed by atoms with van der Waals surface area (Å²) in [4.78, 5) is 49.7. The Morgan fingerprint density at radius 3 is 2.39 bits per heavy atom. The van der Waals surface area contributed by atoms with Gasteiger partial charge in [-0.1, -0.05) is 24.3 Å². The lowest BCUT2D eigenvalue weighted by atomic mass is 10.1. The van der Waals surface area contributed by atoms with E-state index in [0.29, 0.717) is 11.3 Å². The molecule has 176 valence electrons. The molecule has 0 spiro atoms. The van der Waals surface area contributed by atoms with Crippen molar-refractivity contribution in [1.29, 1.82) is 0 Å². The van der Waals surface area contributed by atoms with Gasteiger partial charge in [-0.2, -0.15) is 0 Å². The van der Waals surface area contributed by atoms with Crippen molar-refractivity contribution >= 4 is 17.9 Å². The zero-order chi connectivity index (χ0) is 24.2. The summed E-state index contributed by atoms with van der Waals surface area (Å²) in [6.45, 7) is -0.277. The van der Waals surface area contributed by atoms with Crippen LogP contribution in [0.5, 0.6) is 11.5 Å². The van der Waals surface area contributed by atoms with Crippen molar-refractivity contribution in [2.24, 2.45) is 0 Å². The van der Waals surface area contributed by atoms with E-state index in [1.807, 2.05) is 0 Å². The predicted molar refractivity (Wildman–Crippen MR) is 109 cm³/mol. The van der Waals surface area contributed by atoms with Gasteiger partial charge in [0.2, 0.25) is 6.79 Å². The Kier molecular flexibility index (Phi) is 9.58. The van der Waals surface area contributed by atoms with Crippen LogP contribution in [-0.4, -0.2) is 54.2 Å². The number of carbonyl (C=O) groups excluding carboxylic acids is 3. The maximum Gasteiger partial charge on any atom is 0.344 e. The Labute approximate surface area is 187 Å². The van der Waals surface area contributed by atoms with Crippen molar-refractivity contribution in [2.75, 3.05) is 20.0 Å². The van der Waals surface area contributed by atoms with E-state index in [4.69, 9.17) is 24.1 Å². The van der Waals surface area contributed by atoms with E-state index in [0.717, 1.165) is 0 Å². The Morgan fingerprint density at radius 1 is 1.06 bits per heavy atom. The summed E-state index contributed by atoms with van der Waals surface area (Å²) >= 11 is 0. The molecule has 1 N–H and O–H groups in total. The lowest BCUT2D eigenvalue weighted by molar-refractivity contribution is -0.769. The number of carbonyl (C=O) groups is 3. The molecule has 33 heavy (non-hydrogen) atoms. The first-order chi connectivity index (χ1) is 15.8. The van der Waals surface area contributed by atoms with Crippen LogP contribution in [0.4, 0.5) is 0 Å². The van der Waals surface area contributed by atoms with Gasteiger partial charge in [0.25, 0.3) is 5.09 Å². The minimum atomic E-state index is -1.13. The molecular formula is C21H21NO11. The third kappa shape index (κ3) is 8.83. The zero-order valence-electron chi connectivity index (χ0n) is 17.5. The van der Waals surface area contributed by atoms with Gasteiger partial charge in [0.15, 0.2) is 6.10 Å². The average molecular weight is 463 g/mol. The first-order valence-electron chi connectivity index (χ1n) is 9.52. The minimum Gasteiger partial charge on any atom is -0.491 e. The highest BCUT2D eigenvalue weighted by molar-refractivity contribution is 5.93. The minimum absolute atomic E-state index is 0.00591. The Hall–Kier alpha value is -4.19. The molecule has 0 aliphatic carbocycles. The second kappa shape index (κ2) is 12.6. The summed E-state index contributed by atoms with van der Waals surface area (Å²) in [6.07, 6.45) is -1.25. The molecule has 0 saturated carbocycles. The number of rotatable bonds is 12. The van der Waals surface area contributed by atoms with Gasteiger partial charge in [-0.25, -0.2) is 4.79 Å². The van der Waals surface area contributed by atoms with Crippen LogP contribution in [-0.2, 0) is 30.3 Å². The highest BCUT2D eigenvalue weighted by Gasteiger charge is 2.16. The maximum absolute atomic E-state index is 12.1. The average Bonchev–Trinajstić information content (AvgIpc) is 2.77. The first-order valence-corrected chi connectivity index (χ1v) is 9.52. The summed E-state index contributed by atoms with van der Waals surface area (Å²) < 4.78 is 20.0. The maximum atomic E-state index is 12.1. The topological polar surface area (TPSA) is 161 Å². The molecule has 2 rings (SSSR count). The first kappa shape index (κ1) is 25.1. The lowest BCUT2D eigenvalue weighted by Crippen LogP contribution is -2.28. The van der Waals surface area contributed by atoms with Gasteiger partial charge in [0.1, 0.15) is 23.7 Å². The number of aliphatic hydroxyl groups is 1. The largest absolute Gasteiger partial charge is 0.491 e. The molecule has 0 fully saturated rings. The normalized spacial score (nSPS) is 11.1. The molecule has 0 aliphatic rings. The third-order valence-electron chi connectivity index (χ3n) is 3.92. The second-order valence-corrected chi connectivity index (χ2v) is 6.42. The molecule has 0 amide bonds. The van der Waals surface area contributed by atoms with Crippen LogP contribution in [0.25, 0.3) is 0 Å². The lowest BCUT2D eigenvalue weighted by Gasteiger charge is -2.13. The van der Waals surface area contributed by atoms with Crippen molar-refractivity contribution < 1.29 is 48.4 Å². The number of para-hydroxylation sites is 1. The van der Waals surface area contributed by atoms with Crippen molar-refractivity contribution in [2.45, 2.75) is 19.4 Å². The van der Waals surface area contributed by atoms with Gasteiger partial charge in [-0.3, -0.25) is 9.59 Å². The molecular weight excluding hydrogens is 442 g/mol. The number of nitrogens with zero attached hydrogens (tertiary/aromatic N) is 1. The fourth-order valence-electron chi connectivity index (χ4n) is 2.45. The van der Waals surface area contributed by atoms with Crippen LogP contribution in [0, 0.1) is 10.1 Å². The van der Waals surface area contributed by atoms with Crippen LogP contribution >= 0.6 is 0 Å². The Bertz CT molecular complexity index is 974. The fourth-order valence-corrected chi connectivity index (χ4v) is 2.45. The molecule has 0 heterocycles. The molecule has 2 aromatic rings. The number of hydrogen-bond donors (Lipinski definition) is 1. The molecule has 0 radical (unpaired) electrons. The molecule has 0 bridgehead atoms. The SMILES string of the molecule is CC(=O)Oc1ccccc1C(=O)OCOC(=O)Cc1ccc(OCC(CO)O[N+](=O)[O-])cc1. The summed E-state index contributed by atoms with van der Waals surface area (Å²) in [7, 11) is 0. The number of benzene rings is 2. The third-order valence-corrected chi connectivity index (χ3v) is 3.92. The molecule has 1 unspecified atom stereocenters. The summed E-state index contributed by atoms with van der Waals surface area (Å²) in [5.74, 6) is -1.72. The van der Waals surface area contributed by atoms with Gasteiger partial charge < -0.3 is 28.9 Å².